The molecule has 0 amide bonds. The van der Waals surface area contributed by atoms with Gasteiger partial charge in [-0.1, -0.05) is 24.3 Å². The number of carbonyl (C=O) groups excluding carboxylic acids is 2. The van der Waals surface area contributed by atoms with Crippen LogP contribution < -0.4 is 10.2 Å². The predicted molar refractivity (Wildman–Crippen MR) is 56.8 cm³/mol. The molecule has 1 rings (SSSR count). The number of hydrogen-bond donors (Lipinski definition) is 0. The van der Waals surface area contributed by atoms with E-state index in [1.54, 1.807) is 0 Å². The molecule has 110 valence electrons. The second-order valence-corrected chi connectivity index (χ2v) is 2.12. The van der Waals surface area contributed by atoms with E-state index in [0.717, 1.165) is 12.1 Å². The summed E-state index contributed by atoms with van der Waals surface area (Å²) in [5.74, 6) is -3.04. The van der Waals surface area contributed by atoms with Gasteiger partial charge in [-0.3, -0.25) is 0 Å². The zero-order chi connectivity index (χ0) is 9.14. The van der Waals surface area contributed by atoms with Crippen LogP contribution in [0.5, 0.6) is 0 Å². The summed E-state index contributed by atoms with van der Waals surface area (Å²) in [5.41, 5.74) is -0.727. The Morgan fingerprint density at radius 3 is 1.06 bits per heavy atom. The molecule has 10 nitrogen and oxygen atoms in total. The van der Waals surface area contributed by atoms with Crippen LogP contribution in [0.25, 0.3) is 0 Å². The van der Waals surface area contributed by atoms with Crippen LogP contribution in [-0.4, -0.2) is 44.8 Å². The number of carbonyl (C=O) groups is 2. The van der Waals surface area contributed by atoms with Crippen molar-refractivity contribution in [1.82, 2.24) is 0 Å². The lowest BCUT2D eigenvalue weighted by Crippen LogP contribution is -2.29. The van der Waals surface area contributed by atoms with Gasteiger partial charge in [0.15, 0.2) is 0 Å². The number of rotatable bonds is 2. The first-order valence-electron chi connectivity index (χ1n) is 3.14. The largest absolute Gasteiger partial charge is 0.545 e. The van der Waals surface area contributed by atoms with Crippen molar-refractivity contribution in [3.63, 3.8) is 0 Å². The van der Waals surface area contributed by atoms with Gasteiger partial charge in [0.2, 0.25) is 0 Å². The minimum absolute atomic E-state index is 0. The summed E-state index contributed by atoms with van der Waals surface area (Å²) in [5, 5.41) is 20.6. The highest BCUT2D eigenvalue weighted by atomic mass is 16.4. The first-order valence-corrected chi connectivity index (χ1v) is 3.14. The molecule has 1 aromatic carbocycles. The van der Waals surface area contributed by atoms with Crippen LogP contribution in [0.15, 0.2) is 24.3 Å². The molecule has 0 radical (unpaired) electrons. The molecule has 0 aliphatic carbocycles. The number of carboxylic acids is 2. The summed E-state index contributed by atoms with van der Waals surface area (Å²) >= 11 is 0. The number of carboxylic acid groups (broad SMARTS) is 2. The van der Waals surface area contributed by atoms with E-state index < -0.39 is 11.9 Å². The molecule has 0 fully saturated rings. The number of hydrogen-bond acceptors (Lipinski definition) is 4. The van der Waals surface area contributed by atoms with Crippen LogP contribution in [0.2, 0.25) is 0 Å². The maximum absolute atomic E-state index is 10.3. The van der Waals surface area contributed by atoms with Crippen molar-refractivity contribution in [1.29, 1.82) is 0 Å². The molecule has 12 N–H and O–H groups in total. The molecule has 0 aliphatic rings. The summed E-state index contributed by atoms with van der Waals surface area (Å²) in [6.07, 6.45) is 0. The average Bonchev–Trinajstić information content (AvgIpc) is 2.04. The van der Waals surface area contributed by atoms with Crippen molar-refractivity contribution in [3.8, 4) is 0 Å². The Morgan fingerprint density at radius 1 is 0.667 bits per heavy atom. The highest BCUT2D eigenvalue weighted by Crippen LogP contribution is 2.05. The molecule has 0 aromatic heterocycles. The Morgan fingerprint density at radius 2 is 0.889 bits per heavy atom. The van der Waals surface area contributed by atoms with Crippen molar-refractivity contribution in [3.05, 3.63) is 35.4 Å². The van der Waals surface area contributed by atoms with Gasteiger partial charge in [-0.15, -0.1) is 0 Å². The molecule has 0 saturated heterocycles. The maximum Gasteiger partial charge on any atom is 0.0721 e. The summed E-state index contributed by atoms with van der Waals surface area (Å²) < 4.78 is 0. The zero-order valence-corrected chi connectivity index (χ0v) is 8.94. The predicted octanol–water partition coefficient (Wildman–Crippen LogP) is -6.53. The van der Waals surface area contributed by atoms with Crippen molar-refractivity contribution >= 4 is 11.9 Å². The molecule has 1 aromatic rings. The van der Waals surface area contributed by atoms with Gasteiger partial charge in [0.1, 0.15) is 0 Å². The molecule has 0 bridgehead atoms. The van der Waals surface area contributed by atoms with Gasteiger partial charge < -0.3 is 52.7 Å². The standard InChI is InChI=1S/C8H6O4.6H2O/c9-7(10)5-3-1-2-4-6(5)8(11)12;;;;;;/h1-4H,(H,9,10)(H,11,12);6*1H2/p-2. The van der Waals surface area contributed by atoms with Crippen LogP contribution in [0.3, 0.4) is 0 Å². The molecule has 0 unspecified atom stereocenters. The molecule has 10 heteroatoms. The van der Waals surface area contributed by atoms with Gasteiger partial charge in [0.25, 0.3) is 0 Å². The Balaban J connectivity index is -0.0000000600. The van der Waals surface area contributed by atoms with Crippen LogP contribution in [0.1, 0.15) is 20.7 Å². The van der Waals surface area contributed by atoms with E-state index in [0.29, 0.717) is 0 Å². The highest BCUT2D eigenvalue weighted by Gasteiger charge is 2.01. The monoisotopic (exact) mass is 272 g/mol. The minimum atomic E-state index is -1.52. The van der Waals surface area contributed by atoms with E-state index >= 15 is 0 Å². The Bertz CT molecular complexity index is 303. The smallest absolute Gasteiger partial charge is 0.0721 e. The van der Waals surface area contributed by atoms with Crippen LogP contribution in [-0.2, 0) is 0 Å². The van der Waals surface area contributed by atoms with E-state index in [1.165, 1.54) is 12.1 Å². The Labute approximate surface area is 101 Å². The van der Waals surface area contributed by atoms with E-state index in [-0.39, 0.29) is 44.0 Å². The normalized spacial score (nSPS) is 6.22. The molecular weight excluding hydrogens is 256 g/mol. The number of aromatic carboxylic acids is 2. The zero-order valence-electron chi connectivity index (χ0n) is 8.94. The van der Waals surface area contributed by atoms with Gasteiger partial charge in [-0.25, -0.2) is 0 Å². The number of benzene rings is 1. The average molecular weight is 272 g/mol. The van der Waals surface area contributed by atoms with Crippen LogP contribution in [0.4, 0.5) is 0 Å². The molecule has 0 saturated carbocycles. The molecular formula is C8H16O10-2. The molecule has 18 heavy (non-hydrogen) atoms. The van der Waals surface area contributed by atoms with E-state index in [9.17, 15) is 19.8 Å². The lowest BCUT2D eigenvalue weighted by Gasteiger charge is -2.09. The Kier molecular flexibility index (Phi) is 29.9. The van der Waals surface area contributed by atoms with E-state index in [2.05, 4.69) is 0 Å². The fourth-order valence-electron chi connectivity index (χ4n) is 0.839. The molecule has 0 heterocycles. The molecule has 0 aliphatic heterocycles. The third kappa shape index (κ3) is 8.12. The second-order valence-electron chi connectivity index (χ2n) is 2.12. The summed E-state index contributed by atoms with van der Waals surface area (Å²) in [4.78, 5) is 20.6. The summed E-state index contributed by atoms with van der Waals surface area (Å²) in [6.45, 7) is 0. The summed E-state index contributed by atoms with van der Waals surface area (Å²) in [7, 11) is 0. The van der Waals surface area contributed by atoms with E-state index in [4.69, 9.17) is 0 Å². The minimum Gasteiger partial charge on any atom is -0.545 e. The lowest BCUT2D eigenvalue weighted by atomic mass is 10.1. The van der Waals surface area contributed by atoms with Gasteiger partial charge in [0.05, 0.1) is 11.9 Å². The van der Waals surface area contributed by atoms with Crippen molar-refractivity contribution in [2.24, 2.45) is 0 Å². The first-order chi connectivity index (χ1) is 5.63. The van der Waals surface area contributed by atoms with Crippen LogP contribution in [0, 0.1) is 0 Å². The SMILES string of the molecule is O.O.O.O.O.O.O=C([O-])c1ccccc1C(=O)[O-]. The quantitative estimate of drug-likeness (QED) is 0.507. The lowest BCUT2D eigenvalue weighted by molar-refractivity contribution is -0.259. The fraction of sp³-hybridized carbons (Fsp3) is 0. The fourth-order valence-corrected chi connectivity index (χ4v) is 0.839. The van der Waals surface area contributed by atoms with Crippen LogP contribution >= 0.6 is 0 Å². The molecule has 0 spiro atoms. The third-order valence-corrected chi connectivity index (χ3v) is 1.37. The van der Waals surface area contributed by atoms with Gasteiger partial charge in [0, 0.05) is 11.1 Å². The van der Waals surface area contributed by atoms with E-state index in [1.807, 2.05) is 0 Å². The third-order valence-electron chi connectivity index (χ3n) is 1.37. The topological polar surface area (TPSA) is 269 Å². The highest BCUT2D eigenvalue weighted by molar-refractivity contribution is 5.99. The van der Waals surface area contributed by atoms with Gasteiger partial charge in [-0.05, 0) is 0 Å². The second kappa shape index (κ2) is 14.9. The maximum atomic E-state index is 10.3. The Hall–Kier alpha value is -2.08. The summed E-state index contributed by atoms with van der Waals surface area (Å²) in [6, 6.07) is 5.14. The van der Waals surface area contributed by atoms with Crippen molar-refractivity contribution in [2.45, 2.75) is 0 Å². The first kappa shape index (κ1) is 36.0. The van der Waals surface area contributed by atoms with Crippen molar-refractivity contribution < 1.29 is 52.7 Å². The van der Waals surface area contributed by atoms with Crippen molar-refractivity contribution in [2.75, 3.05) is 0 Å². The van der Waals surface area contributed by atoms with Gasteiger partial charge >= 0.3 is 0 Å². The molecule has 0 atom stereocenters. The van der Waals surface area contributed by atoms with Gasteiger partial charge in [-0.2, -0.15) is 0 Å².